The van der Waals surface area contributed by atoms with Gasteiger partial charge in [0.05, 0.1) is 25.8 Å². The van der Waals surface area contributed by atoms with Crippen molar-refractivity contribution in [2.75, 3.05) is 32.3 Å². The molecule has 0 aliphatic rings. The Kier molecular flexibility index (Phi) is 6.89. The van der Waals surface area contributed by atoms with E-state index in [0.29, 0.717) is 5.75 Å². The molecule has 2 rings (SSSR count). The van der Waals surface area contributed by atoms with Crippen molar-refractivity contribution in [3.05, 3.63) is 54.1 Å². The van der Waals surface area contributed by atoms with E-state index >= 15 is 0 Å². The van der Waals surface area contributed by atoms with E-state index in [2.05, 4.69) is 5.32 Å². The maximum atomic E-state index is 12.4. The number of nitrogens with one attached hydrogen (secondary N) is 1. The zero-order valence-electron chi connectivity index (χ0n) is 14.6. The summed E-state index contributed by atoms with van der Waals surface area (Å²) >= 11 is 1.56. The average molecular weight is 358 g/mol. The number of thioether (sulfide) groups is 1. The summed E-state index contributed by atoms with van der Waals surface area (Å²) in [6.45, 7) is -0.00328. The quantitative estimate of drug-likeness (QED) is 0.773. The van der Waals surface area contributed by atoms with Crippen LogP contribution in [0.4, 0.5) is 5.69 Å². The highest BCUT2D eigenvalue weighted by atomic mass is 32.2. The first-order chi connectivity index (χ1) is 12.0. The van der Waals surface area contributed by atoms with Crippen molar-refractivity contribution in [3.8, 4) is 5.75 Å². The number of nitrogens with zero attached hydrogens (tertiary/aromatic N) is 1. The van der Waals surface area contributed by atoms with Crippen molar-refractivity contribution in [1.82, 2.24) is 4.90 Å². The molecule has 0 saturated carbocycles. The molecule has 0 saturated heterocycles. The SMILES string of the molecule is COc1ccccc1CC(=O)N(C)CC(=O)Nc1ccccc1SC. The van der Waals surface area contributed by atoms with E-state index in [-0.39, 0.29) is 24.8 Å². The molecule has 25 heavy (non-hydrogen) atoms. The summed E-state index contributed by atoms with van der Waals surface area (Å²) < 4.78 is 5.26. The first-order valence-corrected chi connectivity index (χ1v) is 9.06. The molecule has 2 aromatic carbocycles. The molecule has 0 fully saturated rings. The summed E-state index contributed by atoms with van der Waals surface area (Å²) in [6.07, 6.45) is 2.14. The topological polar surface area (TPSA) is 58.6 Å². The molecule has 0 atom stereocenters. The third kappa shape index (κ3) is 5.26. The minimum absolute atomic E-state index is 0.00328. The number of ether oxygens (including phenoxy) is 1. The predicted molar refractivity (Wildman–Crippen MR) is 101 cm³/mol. The van der Waals surface area contributed by atoms with Crippen LogP contribution in [0.15, 0.2) is 53.4 Å². The number of hydrogen-bond acceptors (Lipinski definition) is 4. The lowest BCUT2D eigenvalue weighted by atomic mass is 10.1. The van der Waals surface area contributed by atoms with E-state index in [1.165, 1.54) is 4.90 Å². The molecule has 132 valence electrons. The molecule has 2 aromatic rings. The molecule has 0 bridgehead atoms. The van der Waals surface area contributed by atoms with Crippen LogP contribution in [0.3, 0.4) is 0 Å². The van der Waals surface area contributed by atoms with E-state index < -0.39 is 0 Å². The van der Waals surface area contributed by atoms with Gasteiger partial charge in [-0.3, -0.25) is 9.59 Å². The summed E-state index contributed by atoms with van der Waals surface area (Å²) in [5.41, 5.74) is 1.56. The monoisotopic (exact) mass is 358 g/mol. The number of para-hydroxylation sites is 2. The van der Waals surface area contributed by atoms with Gasteiger partial charge in [0.25, 0.3) is 0 Å². The minimum Gasteiger partial charge on any atom is -0.496 e. The number of methoxy groups -OCH3 is 1. The van der Waals surface area contributed by atoms with Gasteiger partial charge in [-0.15, -0.1) is 11.8 Å². The second-order valence-electron chi connectivity index (χ2n) is 5.49. The van der Waals surface area contributed by atoms with Crippen molar-refractivity contribution >= 4 is 29.3 Å². The van der Waals surface area contributed by atoms with Gasteiger partial charge < -0.3 is 15.0 Å². The summed E-state index contributed by atoms with van der Waals surface area (Å²) in [6, 6.07) is 15.0. The molecular formula is C19H22N2O3S. The van der Waals surface area contributed by atoms with E-state index in [1.54, 1.807) is 25.9 Å². The minimum atomic E-state index is -0.225. The fourth-order valence-electron chi connectivity index (χ4n) is 2.39. The van der Waals surface area contributed by atoms with Gasteiger partial charge in [-0.25, -0.2) is 0 Å². The summed E-state index contributed by atoms with van der Waals surface area (Å²) in [5.74, 6) is 0.303. The van der Waals surface area contributed by atoms with Gasteiger partial charge in [0.15, 0.2) is 0 Å². The normalized spacial score (nSPS) is 10.2. The second-order valence-corrected chi connectivity index (χ2v) is 6.33. The first kappa shape index (κ1) is 18.9. The fourth-order valence-corrected chi connectivity index (χ4v) is 2.94. The Hall–Kier alpha value is -2.47. The van der Waals surface area contributed by atoms with E-state index in [1.807, 2.05) is 54.8 Å². The smallest absolute Gasteiger partial charge is 0.244 e. The van der Waals surface area contributed by atoms with Crippen molar-refractivity contribution in [1.29, 1.82) is 0 Å². The fraction of sp³-hybridized carbons (Fsp3) is 0.263. The van der Waals surface area contributed by atoms with Crippen LogP contribution in [0.25, 0.3) is 0 Å². The summed E-state index contributed by atoms with van der Waals surface area (Å²) in [5, 5.41) is 2.86. The Balaban J connectivity index is 1.95. The predicted octanol–water partition coefficient (Wildman–Crippen LogP) is 3.06. The third-order valence-corrected chi connectivity index (χ3v) is 4.52. The zero-order chi connectivity index (χ0) is 18.2. The number of carbonyl (C=O) groups is 2. The Bertz CT molecular complexity index is 749. The number of carbonyl (C=O) groups excluding carboxylic acids is 2. The van der Waals surface area contributed by atoms with Crippen LogP contribution >= 0.6 is 11.8 Å². The molecule has 0 unspecified atom stereocenters. The largest absolute Gasteiger partial charge is 0.496 e. The molecule has 0 heterocycles. The molecule has 2 amide bonds. The Morgan fingerprint density at radius 3 is 2.52 bits per heavy atom. The number of anilines is 1. The Morgan fingerprint density at radius 1 is 1.12 bits per heavy atom. The van der Waals surface area contributed by atoms with Crippen LogP contribution < -0.4 is 10.1 Å². The standard InChI is InChI=1S/C19H22N2O3S/c1-21(19(23)12-14-8-4-6-10-16(14)24-2)13-18(22)20-15-9-5-7-11-17(15)25-3/h4-11H,12-13H2,1-3H3,(H,20,22). The van der Waals surface area contributed by atoms with Gasteiger partial charge >= 0.3 is 0 Å². The lowest BCUT2D eigenvalue weighted by Crippen LogP contribution is -2.35. The number of benzene rings is 2. The van der Waals surface area contributed by atoms with Gasteiger partial charge in [-0.1, -0.05) is 30.3 Å². The van der Waals surface area contributed by atoms with Gasteiger partial charge in [0.1, 0.15) is 5.75 Å². The third-order valence-electron chi connectivity index (χ3n) is 3.72. The average Bonchev–Trinajstić information content (AvgIpc) is 2.62. The van der Waals surface area contributed by atoms with Crippen LogP contribution in [-0.2, 0) is 16.0 Å². The molecule has 5 nitrogen and oxygen atoms in total. The van der Waals surface area contributed by atoms with Crippen molar-refractivity contribution in [2.45, 2.75) is 11.3 Å². The highest BCUT2D eigenvalue weighted by Gasteiger charge is 2.16. The van der Waals surface area contributed by atoms with Gasteiger partial charge in [-0.2, -0.15) is 0 Å². The van der Waals surface area contributed by atoms with Crippen LogP contribution in [0, 0.1) is 0 Å². The lowest BCUT2D eigenvalue weighted by molar-refractivity contribution is -0.132. The molecule has 0 radical (unpaired) electrons. The number of amides is 2. The first-order valence-electron chi connectivity index (χ1n) is 7.84. The molecule has 1 N–H and O–H groups in total. The molecule has 6 heteroatoms. The van der Waals surface area contributed by atoms with Crippen molar-refractivity contribution in [3.63, 3.8) is 0 Å². The number of rotatable bonds is 7. The second kappa shape index (κ2) is 9.13. The molecule has 0 aliphatic carbocycles. The van der Waals surface area contributed by atoms with Crippen molar-refractivity contribution < 1.29 is 14.3 Å². The number of likely N-dealkylation sites (N-methyl/N-ethyl adjacent to an activating group) is 1. The molecule has 0 spiro atoms. The molecule has 0 aliphatic heterocycles. The maximum absolute atomic E-state index is 12.4. The van der Waals surface area contributed by atoms with E-state index in [9.17, 15) is 9.59 Å². The van der Waals surface area contributed by atoms with Crippen LogP contribution in [0.2, 0.25) is 0 Å². The summed E-state index contributed by atoms with van der Waals surface area (Å²) in [7, 11) is 3.20. The van der Waals surface area contributed by atoms with Gasteiger partial charge in [-0.05, 0) is 24.5 Å². The Labute approximate surface area is 152 Å². The van der Waals surface area contributed by atoms with Crippen LogP contribution in [0.1, 0.15) is 5.56 Å². The van der Waals surface area contributed by atoms with E-state index in [0.717, 1.165) is 16.1 Å². The number of hydrogen-bond donors (Lipinski definition) is 1. The maximum Gasteiger partial charge on any atom is 0.244 e. The van der Waals surface area contributed by atoms with Crippen molar-refractivity contribution in [2.24, 2.45) is 0 Å². The van der Waals surface area contributed by atoms with E-state index in [4.69, 9.17) is 4.74 Å². The molecule has 0 aromatic heterocycles. The highest BCUT2D eigenvalue weighted by Crippen LogP contribution is 2.24. The van der Waals surface area contributed by atoms with Gasteiger partial charge in [0.2, 0.25) is 11.8 Å². The Morgan fingerprint density at radius 2 is 1.80 bits per heavy atom. The van der Waals surface area contributed by atoms with Crippen LogP contribution in [0.5, 0.6) is 5.75 Å². The zero-order valence-corrected chi connectivity index (χ0v) is 15.4. The lowest BCUT2D eigenvalue weighted by Gasteiger charge is -2.18. The molecular weight excluding hydrogens is 336 g/mol. The summed E-state index contributed by atoms with van der Waals surface area (Å²) in [4.78, 5) is 27.0. The van der Waals surface area contributed by atoms with Crippen LogP contribution in [-0.4, -0.2) is 43.7 Å². The highest BCUT2D eigenvalue weighted by molar-refractivity contribution is 7.98. The van der Waals surface area contributed by atoms with Gasteiger partial charge in [0, 0.05) is 17.5 Å².